The molecule has 0 aromatic heterocycles. The average molecular weight is 240 g/mol. The van der Waals surface area contributed by atoms with E-state index in [4.69, 9.17) is 12.2 Å². The standard InChI is InChI=1S/C11H16N2O2S/c1-4-6-11(7(3)5-2)8(14)12-10(16)13-9(11)15/h5,7H,2,4,6H2,1,3H3,(H2,12,13,14,15,16). The van der Waals surface area contributed by atoms with Crippen LogP contribution in [-0.2, 0) is 9.59 Å². The van der Waals surface area contributed by atoms with Gasteiger partial charge in [0.2, 0.25) is 11.8 Å². The van der Waals surface area contributed by atoms with Crippen LogP contribution in [-0.4, -0.2) is 16.9 Å². The minimum atomic E-state index is -1.07. The van der Waals surface area contributed by atoms with Gasteiger partial charge in [-0.1, -0.05) is 26.3 Å². The van der Waals surface area contributed by atoms with E-state index >= 15 is 0 Å². The van der Waals surface area contributed by atoms with Crippen molar-refractivity contribution in [2.45, 2.75) is 26.7 Å². The predicted octanol–water partition coefficient (Wildman–Crippen LogP) is 1.13. The molecule has 4 nitrogen and oxygen atoms in total. The number of hydrogen-bond acceptors (Lipinski definition) is 3. The van der Waals surface area contributed by atoms with Crippen LogP contribution >= 0.6 is 12.2 Å². The highest BCUT2D eigenvalue weighted by atomic mass is 32.1. The molecule has 1 aliphatic heterocycles. The molecule has 1 saturated heterocycles. The van der Waals surface area contributed by atoms with Gasteiger partial charge in [-0.2, -0.15) is 0 Å². The van der Waals surface area contributed by atoms with Crippen LogP contribution in [0.2, 0.25) is 0 Å². The summed E-state index contributed by atoms with van der Waals surface area (Å²) in [6.07, 6.45) is 2.86. The van der Waals surface area contributed by atoms with Crippen LogP contribution in [0.4, 0.5) is 0 Å². The summed E-state index contributed by atoms with van der Waals surface area (Å²) in [7, 11) is 0. The van der Waals surface area contributed by atoms with E-state index in [1.54, 1.807) is 6.08 Å². The van der Waals surface area contributed by atoms with E-state index in [-0.39, 0.29) is 22.8 Å². The third-order valence-corrected chi connectivity index (χ3v) is 3.24. The van der Waals surface area contributed by atoms with E-state index in [1.165, 1.54) is 0 Å². The van der Waals surface area contributed by atoms with Gasteiger partial charge in [0, 0.05) is 0 Å². The Labute approximate surface area is 100 Å². The maximum absolute atomic E-state index is 12.0. The summed E-state index contributed by atoms with van der Waals surface area (Å²) in [4.78, 5) is 24.0. The number of nitrogens with one attached hydrogen (secondary N) is 2. The highest BCUT2D eigenvalue weighted by Gasteiger charge is 2.51. The first-order chi connectivity index (χ1) is 7.48. The molecule has 88 valence electrons. The van der Waals surface area contributed by atoms with E-state index < -0.39 is 5.41 Å². The summed E-state index contributed by atoms with van der Waals surface area (Å²) >= 11 is 4.78. The van der Waals surface area contributed by atoms with Gasteiger partial charge in [0.25, 0.3) is 0 Å². The molecule has 1 heterocycles. The second kappa shape index (κ2) is 4.74. The molecule has 0 aromatic rings. The SMILES string of the molecule is C=CC(C)C1(CCC)C(=O)NC(=S)NC1=O. The molecular formula is C11H16N2O2S. The fourth-order valence-corrected chi connectivity index (χ4v) is 2.21. The average Bonchev–Trinajstić information content (AvgIpc) is 2.22. The lowest BCUT2D eigenvalue weighted by Crippen LogP contribution is -2.64. The molecule has 2 amide bonds. The Kier molecular flexibility index (Phi) is 3.80. The quantitative estimate of drug-likeness (QED) is 0.440. The van der Waals surface area contributed by atoms with Crippen LogP contribution in [0.15, 0.2) is 12.7 Å². The highest BCUT2D eigenvalue weighted by Crippen LogP contribution is 2.36. The molecule has 0 bridgehead atoms. The Balaban J connectivity index is 3.16. The Bertz CT molecular complexity index is 332. The number of hydrogen-bond donors (Lipinski definition) is 2. The zero-order valence-electron chi connectivity index (χ0n) is 9.50. The normalized spacial score (nSPS) is 21.0. The summed E-state index contributed by atoms with van der Waals surface area (Å²) in [5.41, 5.74) is -1.07. The fraction of sp³-hybridized carbons (Fsp3) is 0.545. The lowest BCUT2D eigenvalue weighted by molar-refractivity contribution is -0.146. The minimum Gasteiger partial charge on any atom is -0.302 e. The van der Waals surface area contributed by atoms with Crippen molar-refractivity contribution in [3.05, 3.63) is 12.7 Å². The number of thiocarbonyl (C=S) groups is 1. The molecule has 1 atom stereocenters. The first-order valence-corrected chi connectivity index (χ1v) is 5.69. The largest absolute Gasteiger partial charge is 0.302 e. The summed E-state index contributed by atoms with van der Waals surface area (Å²) in [5, 5.41) is 5.11. The van der Waals surface area contributed by atoms with Crippen molar-refractivity contribution >= 4 is 29.1 Å². The first kappa shape index (κ1) is 12.8. The molecule has 1 fully saturated rings. The van der Waals surface area contributed by atoms with Gasteiger partial charge in [0.05, 0.1) is 0 Å². The molecule has 1 rings (SSSR count). The summed E-state index contributed by atoms with van der Waals surface area (Å²) in [5.74, 6) is -0.874. The molecule has 0 radical (unpaired) electrons. The van der Waals surface area contributed by atoms with Crippen LogP contribution in [0.3, 0.4) is 0 Å². The van der Waals surface area contributed by atoms with Crippen LogP contribution in [0.1, 0.15) is 26.7 Å². The summed E-state index contributed by atoms with van der Waals surface area (Å²) in [6.45, 7) is 7.41. The second-order valence-electron chi connectivity index (χ2n) is 3.98. The lowest BCUT2D eigenvalue weighted by atomic mass is 9.70. The molecule has 0 aromatic carbocycles. The Morgan fingerprint density at radius 1 is 1.44 bits per heavy atom. The summed E-state index contributed by atoms with van der Waals surface area (Å²) in [6, 6.07) is 0. The molecule has 0 spiro atoms. The van der Waals surface area contributed by atoms with Gasteiger partial charge in [0.1, 0.15) is 5.41 Å². The third kappa shape index (κ3) is 1.87. The minimum absolute atomic E-state index is 0.0815. The monoisotopic (exact) mass is 240 g/mol. The maximum Gasteiger partial charge on any atom is 0.242 e. The predicted molar refractivity (Wildman–Crippen MR) is 65.6 cm³/mol. The van der Waals surface area contributed by atoms with Gasteiger partial charge >= 0.3 is 0 Å². The molecule has 2 N–H and O–H groups in total. The molecule has 0 aliphatic carbocycles. The van der Waals surface area contributed by atoms with Gasteiger partial charge in [-0.05, 0) is 24.6 Å². The topological polar surface area (TPSA) is 58.2 Å². The molecular weight excluding hydrogens is 224 g/mol. The van der Waals surface area contributed by atoms with Crippen molar-refractivity contribution in [2.24, 2.45) is 11.3 Å². The van der Waals surface area contributed by atoms with Crippen molar-refractivity contribution in [1.82, 2.24) is 10.6 Å². The van der Waals surface area contributed by atoms with Crippen LogP contribution in [0, 0.1) is 11.3 Å². The second-order valence-corrected chi connectivity index (χ2v) is 4.39. The van der Waals surface area contributed by atoms with Crippen LogP contribution in [0.25, 0.3) is 0 Å². The maximum atomic E-state index is 12.0. The van der Waals surface area contributed by atoms with Crippen molar-refractivity contribution in [3.8, 4) is 0 Å². The van der Waals surface area contributed by atoms with Gasteiger partial charge in [-0.15, -0.1) is 6.58 Å². The van der Waals surface area contributed by atoms with Crippen molar-refractivity contribution in [2.75, 3.05) is 0 Å². The Morgan fingerprint density at radius 2 is 1.94 bits per heavy atom. The van der Waals surface area contributed by atoms with Crippen molar-refractivity contribution in [3.63, 3.8) is 0 Å². The van der Waals surface area contributed by atoms with Gasteiger partial charge in [-0.25, -0.2) is 0 Å². The van der Waals surface area contributed by atoms with E-state index in [0.717, 1.165) is 6.42 Å². The van der Waals surface area contributed by atoms with E-state index in [0.29, 0.717) is 6.42 Å². The molecule has 1 aliphatic rings. The molecule has 5 heteroatoms. The van der Waals surface area contributed by atoms with Gasteiger partial charge < -0.3 is 10.6 Å². The molecule has 1 unspecified atom stereocenters. The Hall–Kier alpha value is -1.23. The third-order valence-electron chi connectivity index (χ3n) is 3.04. The fourth-order valence-electron chi connectivity index (χ4n) is 2.03. The van der Waals surface area contributed by atoms with Crippen molar-refractivity contribution in [1.29, 1.82) is 0 Å². The van der Waals surface area contributed by atoms with Gasteiger partial charge in [-0.3, -0.25) is 9.59 Å². The number of carbonyl (C=O) groups excluding carboxylic acids is 2. The lowest BCUT2D eigenvalue weighted by Gasteiger charge is -2.38. The van der Waals surface area contributed by atoms with Crippen LogP contribution in [0.5, 0.6) is 0 Å². The zero-order chi connectivity index (χ0) is 12.3. The Morgan fingerprint density at radius 3 is 2.31 bits per heavy atom. The van der Waals surface area contributed by atoms with Gasteiger partial charge in [0.15, 0.2) is 5.11 Å². The number of allylic oxidation sites excluding steroid dienone is 1. The number of amides is 2. The van der Waals surface area contributed by atoms with E-state index in [2.05, 4.69) is 17.2 Å². The van der Waals surface area contributed by atoms with Crippen LogP contribution < -0.4 is 10.6 Å². The zero-order valence-corrected chi connectivity index (χ0v) is 10.3. The first-order valence-electron chi connectivity index (χ1n) is 5.28. The number of rotatable bonds is 4. The molecule has 0 saturated carbocycles. The summed E-state index contributed by atoms with van der Waals surface area (Å²) < 4.78 is 0. The van der Waals surface area contributed by atoms with Crippen molar-refractivity contribution < 1.29 is 9.59 Å². The van der Waals surface area contributed by atoms with E-state index in [1.807, 2.05) is 13.8 Å². The smallest absolute Gasteiger partial charge is 0.242 e. The molecule has 16 heavy (non-hydrogen) atoms. The highest BCUT2D eigenvalue weighted by molar-refractivity contribution is 7.80. The van der Waals surface area contributed by atoms with E-state index in [9.17, 15) is 9.59 Å². The number of carbonyl (C=O) groups is 2.